The van der Waals surface area contributed by atoms with Crippen LogP contribution >= 0.6 is 15.9 Å². The molecular weight excluding hydrogens is 336 g/mol. The molecular formula is C13H12BrF2NO3. The Morgan fingerprint density at radius 1 is 1.25 bits per heavy atom. The van der Waals surface area contributed by atoms with E-state index in [4.69, 9.17) is 5.11 Å². The number of hydrogen-bond acceptors (Lipinski definition) is 2. The summed E-state index contributed by atoms with van der Waals surface area (Å²) in [7, 11) is 0. The number of carbonyl (C=O) groups excluding carboxylic acids is 1. The van der Waals surface area contributed by atoms with Gasteiger partial charge in [-0.2, -0.15) is 0 Å². The first-order chi connectivity index (χ1) is 9.38. The first kappa shape index (κ1) is 14.9. The Balaban J connectivity index is 2.08. The molecule has 2 rings (SSSR count). The number of hydrogen-bond donors (Lipinski definition) is 2. The predicted octanol–water partition coefficient (Wildman–Crippen LogP) is 3.17. The highest BCUT2D eigenvalue weighted by Gasteiger charge is 2.34. The molecule has 1 aromatic carbocycles. The number of benzene rings is 1. The smallest absolute Gasteiger partial charge is 0.306 e. The molecule has 0 saturated heterocycles. The van der Waals surface area contributed by atoms with Gasteiger partial charge in [0, 0.05) is 16.5 Å². The van der Waals surface area contributed by atoms with E-state index in [1.54, 1.807) is 0 Å². The molecule has 0 aliphatic heterocycles. The van der Waals surface area contributed by atoms with Gasteiger partial charge in [0.25, 0.3) is 0 Å². The fourth-order valence-corrected chi connectivity index (χ4v) is 2.84. The van der Waals surface area contributed by atoms with Gasteiger partial charge in [-0.1, -0.05) is 0 Å². The van der Waals surface area contributed by atoms with Gasteiger partial charge in [0.15, 0.2) is 5.82 Å². The number of carboxylic acid groups (broad SMARTS) is 1. The topological polar surface area (TPSA) is 66.4 Å². The molecule has 0 heterocycles. The van der Waals surface area contributed by atoms with Crippen LogP contribution in [0.5, 0.6) is 0 Å². The highest BCUT2D eigenvalue weighted by Crippen LogP contribution is 2.33. The number of carbonyl (C=O) groups is 2. The summed E-state index contributed by atoms with van der Waals surface area (Å²) in [5.41, 5.74) is -0.129. The summed E-state index contributed by atoms with van der Waals surface area (Å²) in [6.07, 6.45) is 1.12. The lowest BCUT2D eigenvalue weighted by molar-refractivity contribution is -0.141. The molecule has 1 aliphatic rings. The van der Waals surface area contributed by atoms with Crippen LogP contribution in [-0.2, 0) is 9.59 Å². The number of amides is 1. The van der Waals surface area contributed by atoms with Crippen LogP contribution in [0.3, 0.4) is 0 Å². The van der Waals surface area contributed by atoms with Crippen molar-refractivity contribution in [2.24, 2.45) is 11.8 Å². The molecule has 2 unspecified atom stereocenters. The zero-order chi connectivity index (χ0) is 14.9. The molecule has 1 fully saturated rings. The Morgan fingerprint density at radius 3 is 2.45 bits per heavy atom. The largest absolute Gasteiger partial charge is 0.481 e. The second kappa shape index (κ2) is 5.87. The summed E-state index contributed by atoms with van der Waals surface area (Å²) in [5.74, 6) is -3.99. The van der Waals surface area contributed by atoms with Crippen molar-refractivity contribution in [3.05, 3.63) is 28.2 Å². The van der Waals surface area contributed by atoms with E-state index in [-0.39, 0.29) is 16.6 Å². The summed E-state index contributed by atoms with van der Waals surface area (Å²) < 4.78 is 26.6. The fourth-order valence-electron chi connectivity index (χ4n) is 2.33. The van der Waals surface area contributed by atoms with Gasteiger partial charge in [-0.05, 0) is 41.3 Å². The minimum Gasteiger partial charge on any atom is -0.481 e. The molecule has 1 saturated carbocycles. The van der Waals surface area contributed by atoms with Crippen molar-refractivity contribution in [1.82, 2.24) is 0 Å². The molecule has 0 aromatic heterocycles. The molecule has 0 bridgehead atoms. The molecule has 0 radical (unpaired) electrons. The first-order valence-corrected chi connectivity index (χ1v) is 6.86. The first-order valence-electron chi connectivity index (χ1n) is 6.06. The van der Waals surface area contributed by atoms with E-state index in [1.807, 2.05) is 0 Å². The Morgan fingerprint density at radius 2 is 1.90 bits per heavy atom. The number of carboxylic acids is 1. The van der Waals surface area contributed by atoms with Gasteiger partial charge in [-0.15, -0.1) is 0 Å². The third-order valence-corrected chi connectivity index (χ3v) is 4.03. The van der Waals surface area contributed by atoms with Crippen LogP contribution in [0.4, 0.5) is 14.5 Å². The Kier molecular flexibility index (Phi) is 4.37. The minimum atomic E-state index is -0.922. The average Bonchev–Trinajstić information content (AvgIpc) is 2.83. The monoisotopic (exact) mass is 347 g/mol. The van der Waals surface area contributed by atoms with Crippen LogP contribution in [0.2, 0.25) is 0 Å². The van der Waals surface area contributed by atoms with Crippen LogP contribution < -0.4 is 5.32 Å². The molecule has 2 N–H and O–H groups in total. The minimum absolute atomic E-state index is 0.108. The summed E-state index contributed by atoms with van der Waals surface area (Å²) in [6, 6.07) is 1.72. The van der Waals surface area contributed by atoms with E-state index in [0.717, 1.165) is 6.07 Å². The van der Waals surface area contributed by atoms with Crippen LogP contribution in [0, 0.1) is 23.5 Å². The van der Waals surface area contributed by atoms with E-state index >= 15 is 0 Å². The lowest BCUT2D eigenvalue weighted by Crippen LogP contribution is -2.22. The van der Waals surface area contributed by atoms with Gasteiger partial charge < -0.3 is 10.4 Å². The van der Waals surface area contributed by atoms with E-state index in [0.29, 0.717) is 18.9 Å². The molecule has 1 aliphatic carbocycles. The Hall–Kier alpha value is -1.50. The van der Waals surface area contributed by atoms with Gasteiger partial charge in [0.2, 0.25) is 5.91 Å². The van der Waals surface area contributed by atoms with E-state index < -0.39 is 35.3 Å². The molecule has 7 heteroatoms. The van der Waals surface area contributed by atoms with Gasteiger partial charge in [0.05, 0.1) is 11.6 Å². The van der Waals surface area contributed by atoms with Crippen LogP contribution in [-0.4, -0.2) is 17.0 Å². The molecule has 0 spiro atoms. The second-order valence-electron chi connectivity index (χ2n) is 4.78. The van der Waals surface area contributed by atoms with Crippen LogP contribution in [0.25, 0.3) is 0 Å². The number of halogens is 3. The quantitative estimate of drug-likeness (QED) is 0.882. The van der Waals surface area contributed by atoms with Crippen molar-refractivity contribution >= 4 is 33.5 Å². The lowest BCUT2D eigenvalue weighted by Gasteiger charge is -2.13. The number of nitrogens with one attached hydrogen (secondary N) is 1. The lowest BCUT2D eigenvalue weighted by atomic mass is 10.0. The summed E-state index contributed by atoms with van der Waals surface area (Å²) >= 11 is 2.98. The van der Waals surface area contributed by atoms with Crippen molar-refractivity contribution in [3.63, 3.8) is 0 Å². The maximum Gasteiger partial charge on any atom is 0.306 e. The highest BCUT2D eigenvalue weighted by atomic mass is 79.9. The van der Waals surface area contributed by atoms with Gasteiger partial charge in [-0.25, -0.2) is 8.78 Å². The summed E-state index contributed by atoms with van der Waals surface area (Å²) in [5, 5.41) is 11.3. The third-order valence-electron chi connectivity index (χ3n) is 3.41. The zero-order valence-electron chi connectivity index (χ0n) is 10.3. The van der Waals surface area contributed by atoms with Gasteiger partial charge >= 0.3 is 5.97 Å². The molecule has 2 atom stereocenters. The third kappa shape index (κ3) is 3.15. The van der Waals surface area contributed by atoms with E-state index in [2.05, 4.69) is 21.2 Å². The van der Waals surface area contributed by atoms with E-state index in [1.165, 1.54) is 0 Å². The summed E-state index contributed by atoms with van der Waals surface area (Å²) in [6.45, 7) is 0. The SMILES string of the molecule is O=C(O)C1CCC(C(=O)Nc2c(F)cc(F)cc2Br)C1. The van der Waals surface area contributed by atoms with Gasteiger partial charge in [-0.3, -0.25) is 9.59 Å². The predicted molar refractivity (Wildman–Crippen MR) is 71.2 cm³/mol. The fraction of sp³-hybridized carbons (Fsp3) is 0.385. The van der Waals surface area contributed by atoms with E-state index in [9.17, 15) is 18.4 Å². The highest BCUT2D eigenvalue weighted by molar-refractivity contribution is 9.10. The van der Waals surface area contributed by atoms with Crippen molar-refractivity contribution in [2.75, 3.05) is 5.32 Å². The van der Waals surface area contributed by atoms with Gasteiger partial charge in [0.1, 0.15) is 5.82 Å². The second-order valence-corrected chi connectivity index (χ2v) is 5.63. The van der Waals surface area contributed by atoms with Crippen molar-refractivity contribution < 1.29 is 23.5 Å². The van der Waals surface area contributed by atoms with Crippen LogP contribution in [0.1, 0.15) is 19.3 Å². The zero-order valence-corrected chi connectivity index (χ0v) is 11.9. The molecule has 20 heavy (non-hydrogen) atoms. The molecule has 1 amide bonds. The van der Waals surface area contributed by atoms with Crippen molar-refractivity contribution in [3.8, 4) is 0 Å². The molecule has 1 aromatic rings. The number of rotatable bonds is 3. The number of anilines is 1. The standard InChI is InChI=1S/C13H12BrF2NO3/c14-9-4-8(15)5-10(16)11(9)17-12(18)6-1-2-7(3-6)13(19)20/h4-7H,1-3H2,(H,17,18)(H,19,20). The number of aliphatic carboxylic acids is 1. The molecule has 108 valence electrons. The van der Waals surface area contributed by atoms with Crippen LogP contribution in [0.15, 0.2) is 16.6 Å². The summed E-state index contributed by atoms with van der Waals surface area (Å²) in [4.78, 5) is 22.8. The maximum absolute atomic E-state index is 13.6. The maximum atomic E-state index is 13.6. The normalized spacial score (nSPS) is 21.8. The molecule has 4 nitrogen and oxygen atoms in total. The Bertz CT molecular complexity index is 542. The average molecular weight is 348 g/mol. The van der Waals surface area contributed by atoms with Crippen molar-refractivity contribution in [2.45, 2.75) is 19.3 Å². The Labute approximate surface area is 122 Å². The van der Waals surface area contributed by atoms with Crippen molar-refractivity contribution in [1.29, 1.82) is 0 Å².